The van der Waals surface area contributed by atoms with Crippen molar-refractivity contribution in [3.8, 4) is 0 Å². The van der Waals surface area contributed by atoms with Crippen LogP contribution in [-0.2, 0) is 38.0 Å². The van der Waals surface area contributed by atoms with Gasteiger partial charge in [0.05, 0.1) is 30.8 Å². The summed E-state index contributed by atoms with van der Waals surface area (Å²) in [5, 5.41) is 119. The number of aliphatic carboxylic acids is 1. The van der Waals surface area contributed by atoms with Crippen LogP contribution in [0.1, 0.15) is 113 Å². The number of hydrogen-bond acceptors (Lipinski definition) is 18. The molecule has 3 saturated heterocycles. The van der Waals surface area contributed by atoms with Crippen LogP contribution in [0, 0.1) is 50.2 Å². The van der Waals surface area contributed by atoms with Crippen LogP contribution in [0.25, 0.3) is 0 Å². The molecule has 0 bridgehead atoms. The second-order valence-corrected chi connectivity index (χ2v) is 23.3. The summed E-state index contributed by atoms with van der Waals surface area (Å²) in [5.41, 5.74) is -1.14. The van der Waals surface area contributed by atoms with Gasteiger partial charge in [-0.3, -0.25) is 4.79 Å². The van der Waals surface area contributed by atoms with E-state index in [9.17, 15) is 61.0 Å². The molecular formula is C48H76O19. The number of ether oxygens (including phenoxy) is 6. The van der Waals surface area contributed by atoms with E-state index in [1.165, 1.54) is 12.5 Å². The Kier molecular flexibility index (Phi) is 13.8. The lowest BCUT2D eigenvalue weighted by atomic mass is 9.33. The van der Waals surface area contributed by atoms with Crippen molar-refractivity contribution in [2.45, 2.75) is 211 Å². The van der Waals surface area contributed by atoms with Crippen LogP contribution in [0.15, 0.2) is 11.6 Å². The first kappa shape index (κ1) is 51.4. The molecule has 11 N–H and O–H groups in total. The molecule has 8 rings (SSSR count). The van der Waals surface area contributed by atoms with Crippen LogP contribution >= 0.6 is 0 Å². The average molecular weight is 957 g/mol. The van der Waals surface area contributed by atoms with Crippen LogP contribution in [0.2, 0.25) is 0 Å². The monoisotopic (exact) mass is 956 g/mol. The zero-order valence-corrected chi connectivity index (χ0v) is 39.7. The Bertz CT molecular complexity index is 1880. The first-order chi connectivity index (χ1) is 31.2. The molecule has 0 amide bonds. The van der Waals surface area contributed by atoms with E-state index in [0.29, 0.717) is 38.5 Å². The minimum Gasteiger partial charge on any atom is -0.479 e. The molecule has 0 unspecified atom stereocenters. The molecule has 0 aromatic rings. The maximum absolute atomic E-state index is 15.1. The largest absolute Gasteiger partial charge is 0.479 e. The molecule has 7 fully saturated rings. The summed E-state index contributed by atoms with van der Waals surface area (Å²) in [6.45, 7) is 14.0. The van der Waals surface area contributed by atoms with Crippen molar-refractivity contribution in [1.29, 1.82) is 0 Å². The van der Waals surface area contributed by atoms with Crippen molar-refractivity contribution in [2.75, 3.05) is 13.2 Å². The van der Waals surface area contributed by atoms with E-state index in [-0.39, 0.29) is 46.0 Å². The Labute approximate surface area is 391 Å². The Morgan fingerprint density at radius 3 is 1.96 bits per heavy atom. The van der Waals surface area contributed by atoms with Crippen LogP contribution in [-0.4, -0.2) is 180 Å². The summed E-state index contributed by atoms with van der Waals surface area (Å²) < 4.78 is 34.5. The van der Waals surface area contributed by atoms with Crippen molar-refractivity contribution in [3.63, 3.8) is 0 Å². The van der Waals surface area contributed by atoms with Gasteiger partial charge in [0.1, 0.15) is 61.0 Å². The number of aliphatic hydroxyl groups excluding tert-OH is 10. The summed E-state index contributed by atoms with van der Waals surface area (Å²) in [7, 11) is 0. The minimum absolute atomic E-state index is 0.0791. The first-order valence-electron chi connectivity index (χ1n) is 24.3. The number of hydrogen-bond donors (Lipinski definition) is 11. The molecule has 19 nitrogen and oxygen atoms in total. The Balaban J connectivity index is 1.05. The first-order valence-corrected chi connectivity index (χ1v) is 24.3. The molecule has 4 saturated carbocycles. The number of esters is 1. The summed E-state index contributed by atoms with van der Waals surface area (Å²) in [5.74, 6) is -2.18. The third-order valence-electron chi connectivity index (χ3n) is 19.4. The molecule has 8 aliphatic rings. The zero-order valence-electron chi connectivity index (χ0n) is 39.7. The van der Waals surface area contributed by atoms with Crippen molar-refractivity contribution < 1.29 is 94.2 Å². The molecule has 0 radical (unpaired) electrons. The predicted octanol–water partition coefficient (Wildman–Crippen LogP) is 0.233. The Morgan fingerprint density at radius 2 is 1.31 bits per heavy atom. The molecule has 0 spiro atoms. The van der Waals surface area contributed by atoms with Crippen molar-refractivity contribution in [2.24, 2.45) is 50.2 Å². The predicted molar refractivity (Wildman–Crippen MR) is 231 cm³/mol. The summed E-state index contributed by atoms with van der Waals surface area (Å²) >= 11 is 0. The third kappa shape index (κ3) is 7.97. The number of carbonyl (C=O) groups excluding carboxylic acids is 1. The SMILES string of the molecule is C[C@@H]1O[C@@H](O[C@@H]2[C@@H](O)[C@H](O[C@@H]3[C@@H](O)[C@H](OC(=O)[C@]45CCC(C)(C)C[C@H]4C4=CC[C@@H]6[C@@]7(C)CC[C@H](O)[C@@](C)(CO)[C@@H]7CC[C@@]6(C)[C@]4(C)CC5)O[C@H](CO)[C@H]3O)O[C@H](C(=O)O)[C@H]2O)[C@H](O)[C@H](O)[C@H]1O. The van der Waals surface area contributed by atoms with Gasteiger partial charge >= 0.3 is 11.9 Å². The highest BCUT2D eigenvalue weighted by atomic mass is 16.8. The van der Waals surface area contributed by atoms with Crippen LogP contribution in [0.3, 0.4) is 0 Å². The van der Waals surface area contributed by atoms with Crippen molar-refractivity contribution in [3.05, 3.63) is 11.6 Å². The number of carboxylic acids is 1. The quantitative estimate of drug-likeness (QED) is 0.109. The van der Waals surface area contributed by atoms with E-state index in [0.717, 1.165) is 25.7 Å². The fraction of sp³-hybridized carbons (Fsp3) is 0.917. The molecule has 67 heavy (non-hydrogen) atoms. The van der Waals surface area contributed by atoms with Gasteiger partial charge in [0, 0.05) is 5.41 Å². The Morgan fingerprint density at radius 1 is 0.687 bits per heavy atom. The van der Waals surface area contributed by atoms with Crippen LogP contribution < -0.4 is 0 Å². The topological polar surface area (TPSA) is 312 Å². The maximum Gasteiger partial charge on any atom is 0.335 e. The van der Waals surface area contributed by atoms with Gasteiger partial charge in [0.2, 0.25) is 6.29 Å². The molecule has 19 heteroatoms. The van der Waals surface area contributed by atoms with Crippen molar-refractivity contribution in [1.82, 2.24) is 0 Å². The standard InChI is InChI=1S/C48H76O19/c1-21-28(52)30(54)31(55)39(62-21)65-36-32(56)37(38(59)60)66-41(34(36)58)64-35-29(53)24(19-49)63-40(33(35)57)67-42(61)48-16-14-43(2,3)18-23(48)22-8-9-26-44(4)12-11-27(51)45(5,20-50)25(44)10-13-47(26,7)46(22,6)15-17-48/h8,21,23-37,39-41,49-58H,9-20H2,1-7H3,(H,59,60)/t21-,23-,24+,25+,26+,27-,28-,29+,30+,31+,32-,33+,34+,35-,36-,37-,39-,40-,41+,44-,45-,46+,47+,48-/m0/s1. The highest BCUT2D eigenvalue weighted by molar-refractivity contribution is 5.79. The average Bonchev–Trinajstić information content (AvgIpc) is 3.27. The second-order valence-electron chi connectivity index (χ2n) is 23.3. The number of carbonyl (C=O) groups is 2. The van der Waals surface area contributed by atoms with E-state index < -0.39 is 128 Å². The number of aliphatic hydroxyl groups is 10. The van der Waals surface area contributed by atoms with E-state index in [1.54, 1.807) is 0 Å². The highest BCUT2D eigenvalue weighted by Crippen LogP contribution is 2.76. The molecule has 24 atom stereocenters. The number of fused-ring (bicyclic) bond motifs is 7. The summed E-state index contributed by atoms with van der Waals surface area (Å²) in [6, 6.07) is 0. The van der Waals surface area contributed by atoms with E-state index in [4.69, 9.17) is 28.4 Å². The van der Waals surface area contributed by atoms with E-state index in [1.807, 2.05) is 6.92 Å². The molecule has 3 heterocycles. The maximum atomic E-state index is 15.1. The van der Waals surface area contributed by atoms with Gasteiger partial charge < -0.3 is 84.6 Å². The summed E-state index contributed by atoms with van der Waals surface area (Å²) in [4.78, 5) is 27.4. The summed E-state index contributed by atoms with van der Waals surface area (Å²) in [6.07, 6.45) is -18.7. The van der Waals surface area contributed by atoms with E-state index in [2.05, 4.69) is 40.7 Å². The van der Waals surface area contributed by atoms with E-state index >= 15 is 4.79 Å². The minimum atomic E-state index is -2.15. The fourth-order valence-corrected chi connectivity index (χ4v) is 14.9. The molecule has 5 aliphatic carbocycles. The van der Waals surface area contributed by atoms with Gasteiger partial charge in [-0.2, -0.15) is 0 Å². The van der Waals surface area contributed by atoms with Crippen LogP contribution in [0.5, 0.6) is 0 Å². The zero-order chi connectivity index (χ0) is 49.1. The Hall–Kier alpha value is -1.92. The lowest BCUT2D eigenvalue weighted by molar-refractivity contribution is -0.374. The fourth-order valence-electron chi connectivity index (χ4n) is 14.9. The molecule has 382 valence electrons. The van der Waals surface area contributed by atoms with Gasteiger partial charge in [-0.15, -0.1) is 0 Å². The highest BCUT2D eigenvalue weighted by Gasteiger charge is 2.70. The molecular weight excluding hydrogens is 881 g/mol. The molecule has 0 aromatic heterocycles. The number of allylic oxidation sites excluding steroid dienone is 2. The normalized spacial score (nSPS) is 54.0. The number of rotatable bonds is 9. The van der Waals surface area contributed by atoms with Gasteiger partial charge in [0.25, 0.3) is 0 Å². The number of carboxylic acid groups (broad SMARTS) is 1. The van der Waals surface area contributed by atoms with Gasteiger partial charge in [-0.1, -0.05) is 53.2 Å². The molecule has 3 aliphatic heterocycles. The van der Waals surface area contributed by atoms with Gasteiger partial charge in [-0.25, -0.2) is 4.79 Å². The van der Waals surface area contributed by atoms with Gasteiger partial charge in [-0.05, 0) is 111 Å². The second kappa shape index (κ2) is 18.0. The van der Waals surface area contributed by atoms with Crippen LogP contribution in [0.4, 0.5) is 0 Å². The smallest absolute Gasteiger partial charge is 0.335 e. The third-order valence-corrected chi connectivity index (χ3v) is 19.4. The lowest BCUT2D eigenvalue weighted by Crippen LogP contribution is -2.67. The van der Waals surface area contributed by atoms with Gasteiger partial charge in [0.15, 0.2) is 18.7 Å². The van der Waals surface area contributed by atoms with Crippen molar-refractivity contribution >= 4 is 11.9 Å². The molecule has 0 aromatic carbocycles. The lowest BCUT2D eigenvalue weighted by Gasteiger charge is -2.71.